The minimum Gasteiger partial charge on any atom is -0.208 e. The summed E-state index contributed by atoms with van der Waals surface area (Å²) < 4.78 is 41.2. The summed E-state index contributed by atoms with van der Waals surface area (Å²) in [6.45, 7) is 1.89. The Bertz CT molecular complexity index is 649. The van der Waals surface area contributed by atoms with Gasteiger partial charge in [-0.3, -0.25) is 0 Å². The van der Waals surface area contributed by atoms with Crippen molar-refractivity contribution in [2.24, 2.45) is 17.8 Å². The Labute approximate surface area is 129 Å². The molecule has 2 fully saturated rings. The van der Waals surface area contributed by atoms with Crippen LogP contribution in [0, 0.1) is 23.6 Å². The van der Waals surface area contributed by atoms with Crippen LogP contribution in [0.5, 0.6) is 0 Å². The van der Waals surface area contributed by atoms with Crippen LogP contribution in [0.25, 0.3) is 0 Å². The first kappa shape index (κ1) is 15.3. The molecule has 0 aromatic heterocycles. The molecular weight excluding hydrogens is 313 g/mol. The van der Waals surface area contributed by atoms with Gasteiger partial charge in [0.05, 0.1) is 0 Å². The Balaban J connectivity index is 1.76. The van der Waals surface area contributed by atoms with E-state index in [2.05, 4.69) is 4.72 Å². The summed E-state index contributed by atoms with van der Waals surface area (Å²) in [5.41, 5.74) is 0. The van der Waals surface area contributed by atoms with Gasteiger partial charge in [0.15, 0.2) is 0 Å². The van der Waals surface area contributed by atoms with E-state index in [1.54, 1.807) is 0 Å². The third kappa shape index (κ3) is 2.96. The fourth-order valence-electron chi connectivity index (χ4n) is 4.00. The van der Waals surface area contributed by atoms with Crippen LogP contribution in [-0.2, 0) is 10.0 Å². The molecule has 3 nitrogen and oxygen atoms in total. The van der Waals surface area contributed by atoms with E-state index in [-0.39, 0.29) is 16.0 Å². The fourth-order valence-corrected chi connectivity index (χ4v) is 5.51. The Kier molecular flexibility index (Phi) is 4.01. The second-order valence-corrected chi connectivity index (χ2v) is 8.44. The number of hydrogen-bond acceptors (Lipinski definition) is 2. The largest absolute Gasteiger partial charge is 0.243 e. The molecule has 0 aliphatic heterocycles. The second-order valence-electron chi connectivity index (χ2n) is 6.32. The predicted molar refractivity (Wildman–Crippen MR) is 80.1 cm³/mol. The molecule has 3 rings (SSSR count). The van der Waals surface area contributed by atoms with Crippen molar-refractivity contribution in [2.75, 3.05) is 0 Å². The zero-order chi connectivity index (χ0) is 15.2. The van der Waals surface area contributed by atoms with Crippen LogP contribution in [0.3, 0.4) is 0 Å². The van der Waals surface area contributed by atoms with E-state index in [9.17, 15) is 12.8 Å². The van der Waals surface area contributed by atoms with Gasteiger partial charge in [-0.1, -0.05) is 18.0 Å². The van der Waals surface area contributed by atoms with Crippen molar-refractivity contribution < 1.29 is 12.8 Å². The highest BCUT2D eigenvalue weighted by molar-refractivity contribution is 7.89. The highest BCUT2D eigenvalue weighted by Crippen LogP contribution is 2.49. The lowest BCUT2D eigenvalue weighted by Crippen LogP contribution is -2.40. The number of hydrogen-bond donors (Lipinski definition) is 1. The van der Waals surface area contributed by atoms with Gasteiger partial charge >= 0.3 is 0 Å². The van der Waals surface area contributed by atoms with Gasteiger partial charge in [-0.2, -0.15) is 0 Å². The minimum atomic E-state index is -3.84. The Hall–Kier alpha value is -0.650. The van der Waals surface area contributed by atoms with Gasteiger partial charge in [0.25, 0.3) is 0 Å². The van der Waals surface area contributed by atoms with E-state index >= 15 is 0 Å². The molecule has 2 aliphatic rings. The molecule has 1 aromatic carbocycles. The molecule has 0 saturated heterocycles. The van der Waals surface area contributed by atoms with Crippen molar-refractivity contribution in [1.29, 1.82) is 0 Å². The molecular formula is C15H19ClFNO2S. The second kappa shape index (κ2) is 5.52. The molecule has 116 valence electrons. The van der Waals surface area contributed by atoms with Gasteiger partial charge < -0.3 is 0 Å². The van der Waals surface area contributed by atoms with Crippen LogP contribution in [-0.4, -0.2) is 14.5 Å². The summed E-state index contributed by atoms with van der Waals surface area (Å²) in [7, 11) is -3.84. The lowest BCUT2D eigenvalue weighted by molar-refractivity contribution is 0.280. The van der Waals surface area contributed by atoms with E-state index < -0.39 is 15.8 Å². The molecule has 2 bridgehead atoms. The number of rotatable bonds is 4. The zero-order valence-electron chi connectivity index (χ0n) is 11.9. The molecule has 0 amide bonds. The molecule has 21 heavy (non-hydrogen) atoms. The van der Waals surface area contributed by atoms with Gasteiger partial charge in [0.1, 0.15) is 10.7 Å². The highest BCUT2D eigenvalue weighted by Gasteiger charge is 2.42. The van der Waals surface area contributed by atoms with Gasteiger partial charge in [-0.25, -0.2) is 17.5 Å². The smallest absolute Gasteiger partial charge is 0.208 e. The maximum absolute atomic E-state index is 13.8. The third-order valence-electron chi connectivity index (χ3n) is 4.96. The van der Waals surface area contributed by atoms with E-state index in [4.69, 9.17) is 11.6 Å². The molecule has 4 unspecified atom stereocenters. The van der Waals surface area contributed by atoms with Crippen molar-refractivity contribution in [3.8, 4) is 0 Å². The van der Waals surface area contributed by atoms with Crippen molar-refractivity contribution in [3.05, 3.63) is 29.0 Å². The lowest BCUT2D eigenvalue weighted by Gasteiger charge is -2.28. The van der Waals surface area contributed by atoms with Gasteiger partial charge in [0, 0.05) is 11.1 Å². The SMILES string of the molecule is CC(NS(=O)(=O)c1ccc(Cl)cc1F)C1CC2CCC1C2. The third-order valence-corrected chi connectivity index (χ3v) is 6.79. The fraction of sp³-hybridized carbons (Fsp3) is 0.600. The standard InChI is InChI=1S/C15H19ClFNO2S/c1-9(13-7-10-2-3-11(13)6-10)18-21(19,20)15-5-4-12(16)8-14(15)17/h4-5,8-11,13,18H,2-3,6-7H2,1H3. The summed E-state index contributed by atoms with van der Waals surface area (Å²) in [5.74, 6) is 0.922. The van der Waals surface area contributed by atoms with E-state index in [0.717, 1.165) is 18.4 Å². The normalized spacial score (nSPS) is 29.8. The van der Waals surface area contributed by atoms with Crippen LogP contribution in [0.4, 0.5) is 4.39 Å². The van der Waals surface area contributed by atoms with Gasteiger partial charge in [-0.15, -0.1) is 0 Å². The first-order valence-electron chi connectivity index (χ1n) is 7.34. The van der Waals surface area contributed by atoms with Crippen molar-refractivity contribution in [2.45, 2.75) is 43.5 Å². The number of fused-ring (bicyclic) bond motifs is 2. The molecule has 0 heterocycles. The first-order valence-corrected chi connectivity index (χ1v) is 9.20. The average molecular weight is 332 g/mol. The van der Waals surface area contributed by atoms with Crippen molar-refractivity contribution in [1.82, 2.24) is 4.72 Å². The molecule has 0 radical (unpaired) electrons. The summed E-state index contributed by atoms with van der Waals surface area (Å²) >= 11 is 5.66. The Morgan fingerprint density at radius 3 is 2.67 bits per heavy atom. The van der Waals surface area contributed by atoms with Gasteiger partial charge in [-0.05, 0) is 62.1 Å². The summed E-state index contributed by atoms with van der Waals surface area (Å²) in [6, 6.07) is 3.47. The van der Waals surface area contributed by atoms with Crippen LogP contribution in [0.15, 0.2) is 23.1 Å². The molecule has 4 atom stereocenters. The predicted octanol–water partition coefficient (Wildman–Crippen LogP) is 3.58. The maximum atomic E-state index is 13.8. The van der Waals surface area contributed by atoms with Crippen LogP contribution >= 0.6 is 11.6 Å². The number of halogens is 2. The van der Waals surface area contributed by atoms with E-state index in [1.807, 2.05) is 6.92 Å². The van der Waals surface area contributed by atoms with Crippen molar-refractivity contribution >= 4 is 21.6 Å². The quantitative estimate of drug-likeness (QED) is 0.916. The first-order chi connectivity index (χ1) is 9.87. The van der Waals surface area contributed by atoms with Crippen molar-refractivity contribution in [3.63, 3.8) is 0 Å². The summed E-state index contributed by atoms with van der Waals surface area (Å²) in [5, 5.41) is 0.188. The van der Waals surface area contributed by atoms with Crippen LogP contribution in [0.2, 0.25) is 5.02 Å². The van der Waals surface area contributed by atoms with Crippen LogP contribution < -0.4 is 4.72 Å². The number of nitrogens with one attached hydrogen (secondary N) is 1. The lowest BCUT2D eigenvalue weighted by atomic mass is 9.84. The molecule has 2 aliphatic carbocycles. The number of benzene rings is 1. The molecule has 2 saturated carbocycles. The molecule has 1 aromatic rings. The summed E-state index contributed by atoms with van der Waals surface area (Å²) in [6.07, 6.45) is 4.76. The van der Waals surface area contributed by atoms with E-state index in [1.165, 1.54) is 31.4 Å². The highest BCUT2D eigenvalue weighted by atomic mass is 35.5. The molecule has 6 heteroatoms. The molecule has 0 spiro atoms. The maximum Gasteiger partial charge on any atom is 0.243 e. The van der Waals surface area contributed by atoms with Crippen LogP contribution in [0.1, 0.15) is 32.6 Å². The van der Waals surface area contributed by atoms with Gasteiger partial charge in [0.2, 0.25) is 10.0 Å². The topological polar surface area (TPSA) is 46.2 Å². The van der Waals surface area contributed by atoms with E-state index in [0.29, 0.717) is 11.8 Å². The monoisotopic (exact) mass is 331 g/mol. The zero-order valence-corrected chi connectivity index (χ0v) is 13.4. The molecule has 1 N–H and O–H groups in total. The Morgan fingerprint density at radius 2 is 2.10 bits per heavy atom. The minimum absolute atomic E-state index is 0.166. The number of sulfonamides is 1. The summed E-state index contributed by atoms with van der Waals surface area (Å²) in [4.78, 5) is -0.332. The average Bonchev–Trinajstić information content (AvgIpc) is 2.99. The Morgan fingerprint density at radius 1 is 1.33 bits per heavy atom.